The van der Waals surface area contributed by atoms with Crippen LogP contribution in [-0.4, -0.2) is 32.0 Å². The van der Waals surface area contributed by atoms with E-state index in [1.165, 1.54) is 30.6 Å². The van der Waals surface area contributed by atoms with Crippen LogP contribution in [0.5, 0.6) is 5.75 Å². The molecule has 0 atom stereocenters. The van der Waals surface area contributed by atoms with Gasteiger partial charge in [0, 0.05) is 11.3 Å². The highest BCUT2D eigenvalue weighted by atomic mass is 32.1. The summed E-state index contributed by atoms with van der Waals surface area (Å²) in [5, 5.41) is 7.41. The standard InChI is InChI=1S/C21H16F3N5O2S/c1-13-18(32-20(27-13)15-4-8-17(9-5-15)31-21(22,23)24)19(30)28-16-6-2-14(3-7-16)10-29-12-25-11-26-29/h2-9,11-12H,10H2,1H3,(H,28,30). The molecule has 2 aromatic heterocycles. The zero-order chi connectivity index (χ0) is 22.7. The fraction of sp³-hybridized carbons (Fsp3) is 0.143. The Morgan fingerprint density at radius 1 is 1.12 bits per heavy atom. The second-order valence-corrected chi connectivity index (χ2v) is 7.75. The predicted molar refractivity (Wildman–Crippen MR) is 112 cm³/mol. The Morgan fingerprint density at radius 2 is 1.84 bits per heavy atom. The average molecular weight is 459 g/mol. The molecule has 0 saturated carbocycles. The number of nitrogens with one attached hydrogen (secondary N) is 1. The Balaban J connectivity index is 1.43. The van der Waals surface area contributed by atoms with E-state index in [2.05, 4.69) is 25.1 Å². The number of hydrogen-bond donors (Lipinski definition) is 1. The summed E-state index contributed by atoms with van der Waals surface area (Å²) in [5.74, 6) is -0.632. The molecule has 4 aromatic rings. The molecule has 0 radical (unpaired) electrons. The van der Waals surface area contributed by atoms with Crippen LogP contribution in [0.25, 0.3) is 10.6 Å². The van der Waals surface area contributed by atoms with Crippen molar-refractivity contribution in [3.05, 3.63) is 77.3 Å². The molecule has 7 nitrogen and oxygen atoms in total. The van der Waals surface area contributed by atoms with Crippen LogP contribution in [-0.2, 0) is 6.54 Å². The van der Waals surface area contributed by atoms with Gasteiger partial charge in [-0.3, -0.25) is 4.79 Å². The van der Waals surface area contributed by atoms with Gasteiger partial charge in [0.2, 0.25) is 0 Å². The maximum Gasteiger partial charge on any atom is 0.573 e. The molecule has 164 valence electrons. The summed E-state index contributed by atoms with van der Waals surface area (Å²) >= 11 is 1.16. The first-order valence-corrected chi connectivity index (χ1v) is 10.1. The van der Waals surface area contributed by atoms with E-state index in [4.69, 9.17) is 0 Å². The van der Waals surface area contributed by atoms with E-state index in [-0.39, 0.29) is 11.7 Å². The minimum Gasteiger partial charge on any atom is -0.406 e. The molecule has 2 aromatic carbocycles. The first-order valence-electron chi connectivity index (χ1n) is 9.33. The Kier molecular flexibility index (Phi) is 5.91. The lowest BCUT2D eigenvalue weighted by atomic mass is 10.2. The summed E-state index contributed by atoms with van der Waals surface area (Å²) in [4.78, 5) is 21.4. The molecule has 0 fully saturated rings. The second-order valence-electron chi connectivity index (χ2n) is 6.75. The van der Waals surface area contributed by atoms with Crippen LogP contribution in [0.1, 0.15) is 20.9 Å². The van der Waals surface area contributed by atoms with Gasteiger partial charge in [-0.2, -0.15) is 5.10 Å². The third kappa shape index (κ3) is 5.30. The number of aryl methyl sites for hydroxylation is 1. The van der Waals surface area contributed by atoms with Gasteiger partial charge in [-0.1, -0.05) is 12.1 Å². The third-order valence-corrected chi connectivity index (χ3v) is 5.57. The van der Waals surface area contributed by atoms with E-state index in [9.17, 15) is 18.0 Å². The molecule has 0 spiro atoms. The lowest BCUT2D eigenvalue weighted by Gasteiger charge is -2.08. The van der Waals surface area contributed by atoms with E-state index in [1.54, 1.807) is 30.1 Å². The van der Waals surface area contributed by atoms with Crippen molar-refractivity contribution >= 4 is 22.9 Å². The van der Waals surface area contributed by atoms with Crippen LogP contribution >= 0.6 is 11.3 Å². The van der Waals surface area contributed by atoms with Gasteiger partial charge in [-0.05, 0) is 48.9 Å². The number of hydrogen-bond acceptors (Lipinski definition) is 6. The van der Waals surface area contributed by atoms with Crippen molar-refractivity contribution in [3.63, 3.8) is 0 Å². The van der Waals surface area contributed by atoms with Crippen molar-refractivity contribution in [1.29, 1.82) is 0 Å². The number of halogens is 3. The van der Waals surface area contributed by atoms with Crippen LogP contribution in [0.15, 0.2) is 61.2 Å². The van der Waals surface area contributed by atoms with Crippen LogP contribution in [0.3, 0.4) is 0 Å². The number of anilines is 1. The number of carbonyl (C=O) groups excluding carboxylic acids is 1. The van der Waals surface area contributed by atoms with Gasteiger partial charge >= 0.3 is 6.36 Å². The van der Waals surface area contributed by atoms with Crippen LogP contribution < -0.4 is 10.1 Å². The van der Waals surface area contributed by atoms with Crippen molar-refractivity contribution in [2.45, 2.75) is 19.8 Å². The predicted octanol–water partition coefficient (Wildman–Crippen LogP) is 4.91. The Bertz CT molecular complexity index is 1200. The molecule has 32 heavy (non-hydrogen) atoms. The molecule has 0 aliphatic carbocycles. The van der Waals surface area contributed by atoms with E-state index in [0.29, 0.717) is 33.4 Å². The molecule has 0 bridgehead atoms. The summed E-state index contributed by atoms with van der Waals surface area (Å²) in [6.07, 6.45) is -1.67. The van der Waals surface area contributed by atoms with Crippen molar-refractivity contribution in [1.82, 2.24) is 19.7 Å². The topological polar surface area (TPSA) is 81.9 Å². The molecule has 2 heterocycles. The molecule has 4 rings (SSSR count). The molecule has 1 N–H and O–H groups in total. The average Bonchev–Trinajstić information content (AvgIpc) is 3.38. The number of nitrogens with zero attached hydrogens (tertiary/aromatic N) is 4. The highest BCUT2D eigenvalue weighted by Crippen LogP contribution is 2.31. The Morgan fingerprint density at radius 3 is 2.47 bits per heavy atom. The van der Waals surface area contributed by atoms with Crippen LogP contribution in [0.2, 0.25) is 0 Å². The van der Waals surface area contributed by atoms with Gasteiger partial charge < -0.3 is 10.1 Å². The van der Waals surface area contributed by atoms with Crippen molar-refractivity contribution in [2.24, 2.45) is 0 Å². The van der Waals surface area contributed by atoms with Crippen molar-refractivity contribution in [2.75, 3.05) is 5.32 Å². The summed E-state index contributed by atoms with van der Waals surface area (Å²) in [7, 11) is 0. The summed E-state index contributed by atoms with van der Waals surface area (Å²) in [5.41, 5.74) is 2.74. The van der Waals surface area contributed by atoms with Crippen LogP contribution in [0.4, 0.5) is 18.9 Å². The number of ether oxygens (including phenoxy) is 1. The first kappa shape index (κ1) is 21.5. The van der Waals surface area contributed by atoms with Crippen LogP contribution in [0, 0.1) is 6.92 Å². The quantitative estimate of drug-likeness (QED) is 0.443. The van der Waals surface area contributed by atoms with Gasteiger partial charge in [-0.25, -0.2) is 14.6 Å². The molecular weight excluding hydrogens is 443 g/mol. The van der Waals surface area contributed by atoms with E-state index >= 15 is 0 Å². The SMILES string of the molecule is Cc1nc(-c2ccc(OC(F)(F)F)cc2)sc1C(=O)Nc1ccc(Cn2cncn2)cc1. The number of thiazole rings is 1. The monoisotopic (exact) mass is 459 g/mol. The lowest BCUT2D eigenvalue weighted by Crippen LogP contribution is -2.16. The fourth-order valence-electron chi connectivity index (χ4n) is 2.91. The Labute approximate surface area is 184 Å². The molecule has 0 aliphatic rings. The normalized spacial score (nSPS) is 11.4. The second kappa shape index (κ2) is 8.79. The number of rotatable bonds is 6. The van der Waals surface area contributed by atoms with Gasteiger partial charge in [0.05, 0.1) is 12.2 Å². The molecular formula is C21H16F3N5O2S. The number of benzene rings is 2. The van der Waals surface area contributed by atoms with E-state index in [1.807, 2.05) is 12.1 Å². The smallest absolute Gasteiger partial charge is 0.406 e. The summed E-state index contributed by atoms with van der Waals surface area (Å²) in [6, 6.07) is 12.7. The molecule has 0 unspecified atom stereocenters. The highest BCUT2D eigenvalue weighted by molar-refractivity contribution is 7.17. The summed E-state index contributed by atoms with van der Waals surface area (Å²) < 4.78 is 42.5. The molecule has 1 amide bonds. The van der Waals surface area contributed by atoms with Gasteiger partial charge in [-0.15, -0.1) is 24.5 Å². The maximum absolute atomic E-state index is 12.7. The number of alkyl halides is 3. The zero-order valence-corrected chi connectivity index (χ0v) is 17.4. The zero-order valence-electron chi connectivity index (χ0n) is 16.6. The molecule has 0 aliphatic heterocycles. The van der Waals surface area contributed by atoms with E-state index in [0.717, 1.165) is 16.9 Å². The highest BCUT2D eigenvalue weighted by Gasteiger charge is 2.31. The first-order chi connectivity index (χ1) is 15.3. The fourth-order valence-corrected chi connectivity index (χ4v) is 3.88. The van der Waals surface area contributed by atoms with Gasteiger partial charge in [0.15, 0.2) is 0 Å². The molecule has 0 saturated heterocycles. The number of amides is 1. The van der Waals surface area contributed by atoms with Gasteiger partial charge in [0.1, 0.15) is 28.3 Å². The van der Waals surface area contributed by atoms with Crippen molar-refractivity contribution < 1.29 is 22.7 Å². The number of carbonyl (C=O) groups is 1. The lowest BCUT2D eigenvalue weighted by molar-refractivity contribution is -0.274. The minimum atomic E-state index is -4.75. The minimum absolute atomic E-state index is 0.313. The maximum atomic E-state index is 12.7. The van der Waals surface area contributed by atoms with Crippen molar-refractivity contribution in [3.8, 4) is 16.3 Å². The Hall–Kier alpha value is -3.73. The molecule has 11 heteroatoms. The van der Waals surface area contributed by atoms with E-state index < -0.39 is 6.36 Å². The third-order valence-electron chi connectivity index (χ3n) is 4.36. The number of aromatic nitrogens is 4. The largest absolute Gasteiger partial charge is 0.573 e. The van der Waals surface area contributed by atoms with Gasteiger partial charge in [0.25, 0.3) is 5.91 Å². The summed E-state index contributed by atoms with van der Waals surface area (Å²) in [6.45, 7) is 2.27.